The Morgan fingerprint density at radius 1 is 1.35 bits per heavy atom. The zero-order chi connectivity index (χ0) is 18.3. The molecular formula is C20H27FN4S. The summed E-state index contributed by atoms with van der Waals surface area (Å²) in [5.74, 6) is 0.945. The Morgan fingerprint density at radius 3 is 3.00 bits per heavy atom. The van der Waals surface area contributed by atoms with E-state index >= 15 is 4.39 Å². The third-order valence-corrected chi connectivity index (χ3v) is 7.04. The summed E-state index contributed by atoms with van der Waals surface area (Å²) < 4.78 is 15.1. The molecule has 0 saturated heterocycles. The fourth-order valence-electron chi connectivity index (χ4n) is 4.32. The number of benzene rings is 1. The molecule has 2 heterocycles. The molecule has 0 amide bonds. The molecular weight excluding hydrogens is 347 g/mol. The van der Waals surface area contributed by atoms with Gasteiger partial charge >= 0.3 is 0 Å². The van der Waals surface area contributed by atoms with Gasteiger partial charge in [-0.3, -0.25) is 4.99 Å². The molecule has 4 rings (SSSR count). The Hall–Kier alpha value is -1.37. The fraction of sp³-hybridized carbons (Fsp3) is 0.550. The van der Waals surface area contributed by atoms with Crippen LogP contribution in [0, 0.1) is 5.92 Å². The summed E-state index contributed by atoms with van der Waals surface area (Å²) in [6.45, 7) is 1.02. The number of nitrogens with zero attached hydrogens (tertiary/aromatic N) is 2. The van der Waals surface area contributed by atoms with Gasteiger partial charge in [0, 0.05) is 17.9 Å². The van der Waals surface area contributed by atoms with Gasteiger partial charge in [0.2, 0.25) is 0 Å². The Bertz CT molecular complexity index is 817. The molecule has 0 radical (unpaired) electrons. The summed E-state index contributed by atoms with van der Waals surface area (Å²) in [7, 11) is 4.17. The van der Waals surface area contributed by atoms with Crippen molar-refractivity contribution in [3.63, 3.8) is 0 Å². The van der Waals surface area contributed by atoms with Crippen molar-refractivity contribution in [3.8, 4) is 0 Å². The Balaban J connectivity index is 1.66. The van der Waals surface area contributed by atoms with E-state index in [2.05, 4.69) is 24.0 Å². The number of H-pyrrole nitrogens is 1. The number of para-hydroxylation sites is 1. The predicted molar refractivity (Wildman–Crippen MR) is 109 cm³/mol. The van der Waals surface area contributed by atoms with Gasteiger partial charge in [-0.25, -0.2) is 4.39 Å². The van der Waals surface area contributed by atoms with Gasteiger partial charge in [0.15, 0.2) is 0 Å². The highest BCUT2D eigenvalue weighted by atomic mass is 32.2. The van der Waals surface area contributed by atoms with Gasteiger partial charge in [-0.2, -0.15) is 0 Å². The molecule has 6 heteroatoms. The molecule has 3 unspecified atom stereocenters. The first-order valence-corrected chi connectivity index (χ1v) is 10.3. The van der Waals surface area contributed by atoms with Crippen LogP contribution in [0.4, 0.5) is 4.39 Å². The summed E-state index contributed by atoms with van der Waals surface area (Å²) in [4.78, 5) is 10.4. The van der Waals surface area contributed by atoms with E-state index in [0.29, 0.717) is 12.5 Å². The zero-order valence-corrected chi connectivity index (χ0v) is 16.2. The molecule has 0 bridgehead atoms. The fourth-order valence-corrected chi connectivity index (χ4v) is 5.66. The van der Waals surface area contributed by atoms with Crippen LogP contribution in [0.2, 0.25) is 0 Å². The standard InChI is InChI=1S/C20H27FN4S/c1-25(2)11-9-14-12-26-19(24-14)16-6-7-17(21)20(16,22)15-5-3-4-13-8-10-23-18(13)15/h3-5,8,10,14,16-17,23H,6-7,9,11-12,22H2,1-2H3/t14-,16?,17?,20?/m1/s1. The smallest absolute Gasteiger partial charge is 0.123 e. The number of aliphatic imine (C=N–C) groups is 1. The monoisotopic (exact) mass is 374 g/mol. The van der Waals surface area contributed by atoms with Crippen LogP contribution in [0.1, 0.15) is 24.8 Å². The minimum absolute atomic E-state index is 0.0410. The van der Waals surface area contributed by atoms with Crippen molar-refractivity contribution in [3.05, 3.63) is 36.0 Å². The van der Waals surface area contributed by atoms with Crippen molar-refractivity contribution in [2.24, 2.45) is 16.6 Å². The van der Waals surface area contributed by atoms with E-state index in [4.69, 9.17) is 10.7 Å². The maximum absolute atomic E-state index is 15.1. The molecule has 3 N–H and O–H groups in total. The van der Waals surface area contributed by atoms with Gasteiger partial charge in [0.1, 0.15) is 6.17 Å². The molecule has 1 aromatic carbocycles. The van der Waals surface area contributed by atoms with Crippen LogP contribution in [0.3, 0.4) is 0 Å². The van der Waals surface area contributed by atoms with Gasteiger partial charge in [0.25, 0.3) is 0 Å². The van der Waals surface area contributed by atoms with Crippen LogP contribution in [0.25, 0.3) is 10.9 Å². The molecule has 4 atom stereocenters. The molecule has 26 heavy (non-hydrogen) atoms. The number of alkyl halides is 1. The number of aromatic nitrogens is 1. The Kier molecular flexibility index (Phi) is 4.84. The maximum atomic E-state index is 15.1. The lowest BCUT2D eigenvalue weighted by molar-refractivity contribution is 0.211. The van der Waals surface area contributed by atoms with E-state index in [9.17, 15) is 0 Å². The topological polar surface area (TPSA) is 57.4 Å². The molecule has 1 saturated carbocycles. The highest BCUT2D eigenvalue weighted by Gasteiger charge is 2.53. The first-order valence-electron chi connectivity index (χ1n) is 9.35. The number of rotatable bonds is 5. The number of nitrogens with one attached hydrogen (secondary N) is 1. The summed E-state index contributed by atoms with van der Waals surface area (Å²) in [6, 6.07) is 8.33. The number of halogens is 1. The Morgan fingerprint density at radius 2 is 2.19 bits per heavy atom. The highest BCUT2D eigenvalue weighted by molar-refractivity contribution is 8.14. The minimum Gasteiger partial charge on any atom is -0.361 e. The SMILES string of the molecule is CN(C)CC[C@@H]1CSC(C2CCC(F)C2(N)c2cccc3cc[nH]c23)=N1. The van der Waals surface area contributed by atoms with Crippen LogP contribution in [-0.2, 0) is 5.54 Å². The summed E-state index contributed by atoms with van der Waals surface area (Å²) in [5.41, 5.74) is 7.68. The number of aromatic amines is 1. The molecule has 1 fully saturated rings. The number of hydrogen-bond donors (Lipinski definition) is 2. The van der Waals surface area contributed by atoms with Crippen LogP contribution in [0.15, 0.2) is 35.5 Å². The molecule has 4 nitrogen and oxygen atoms in total. The van der Waals surface area contributed by atoms with Crippen molar-refractivity contribution in [1.82, 2.24) is 9.88 Å². The maximum Gasteiger partial charge on any atom is 0.123 e. The highest BCUT2D eigenvalue weighted by Crippen LogP contribution is 2.48. The van der Waals surface area contributed by atoms with Gasteiger partial charge in [-0.15, -0.1) is 11.8 Å². The Labute approximate surface area is 158 Å². The van der Waals surface area contributed by atoms with Crippen LogP contribution < -0.4 is 5.73 Å². The van der Waals surface area contributed by atoms with Gasteiger partial charge in [-0.05, 0) is 56.9 Å². The largest absolute Gasteiger partial charge is 0.361 e. The van der Waals surface area contributed by atoms with Crippen molar-refractivity contribution in [2.75, 3.05) is 26.4 Å². The number of hydrogen-bond acceptors (Lipinski definition) is 4. The van der Waals surface area contributed by atoms with Gasteiger partial charge in [0.05, 0.1) is 22.1 Å². The second-order valence-electron chi connectivity index (χ2n) is 7.80. The summed E-state index contributed by atoms with van der Waals surface area (Å²) in [6.07, 6.45) is 3.15. The second kappa shape index (κ2) is 6.98. The third-order valence-electron chi connectivity index (χ3n) is 5.80. The van der Waals surface area contributed by atoms with E-state index in [1.165, 1.54) is 0 Å². The van der Waals surface area contributed by atoms with E-state index in [-0.39, 0.29) is 5.92 Å². The van der Waals surface area contributed by atoms with Crippen molar-refractivity contribution >= 4 is 27.7 Å². The van der Waals surface area contributed by atoms with Crippen LogP contribution in [-0.4, -0.2) is 53.5 Å². The molecule has 2 aliphatic rings. The predicted octanol–water partition coefficient (Wildman–Crippen LogP) is 3.54. The quantitative estimate of drug-likeness (QED) is 0.842. The van der Waals surface area contributed by atoms with Gasteiger partial charge in [-0.1, -0.05) is 18.2 Å². The lowest BCUT2D eigenvalue weighted by atomic mass is 9.80. The normalized spacial score (nSPS) is 31.9. The van der Waals surface area contributed by atoms with Crippen LogP contribution in [0.5, 0.6) is 0 Å². The average molecular weight is 375 g/mol. The second-order valence-corrected chi connectivity index (χ2v) is 8.84. The number of thioether (sulfide) groups is 1. The number of nitrogens with two attached hydrogens (primary N) is 1. The lowest BCUT2D eigenvalue weighted by Gasteiger charge is -2.34. The van der Waals surface area contributed by atoms with E-state index in [0.717, 1.165) is 46.6 Å². The molecule has 2 aromatic rings. The number of fused-ring (bicyclic) bond motifs is 1. The summed E-state index contributed by atoms with van der Waals surface area (Å²) in [5, 5.41) is 2.13. The lowest BCUT2D eigenvalue weighted by Crippen LogP contribution is -2.49. The van der Waals surface area contributed by atoms with Crippen LogP contribution >= 0.6 is 11.8 Å². The zero-order valence-electron chi connectivity index (χ0n) is 15.4. The molecule has 0 spiro atoms. The molecule has 1 aliphatic heterocycles. The first kappa shape index (κ1) is 18.0. The van der Waals surface area contributed by atoms with Gasteiger partial charge < -0.3 is 15.6 Å². The first-order chi connectivity index (χ1) is 12.5. The molecule has 1 aliphatic carbocycles. The summed E-state index contributed by atoms with van der Waals surface area (Å²) >= 11 is 1.78. The van der Waals surface area contributed by atoms with E-state index in [1.807, 2.05) is 30.5 Å². The average Bonchev–Trinajstić information content (AvgIpc) is 3.33. The molecule has 1 aromatic heterocycles. The van der Waals surface area contributed by atoms with Crippen molar-refractivity contribution < 1.29 is 4.39 Å². The third kappa shape index (κ3) is 2.98. The molecule has 140 valence electrons. The van der Waals surface area contributed by atoms with E-state index < -0.39 is 11.7 Å². The van der Waals surface area contributed by atoms with E-state index in [1.54, 1.807) is 11.8 Å². The minimum atomic E-state index is -1.05. The van der Waals surface area contributed by atoms with Crippen molar-refractivity contribution in [1.29, 1.82) is 0 Å². The van der Waals surface area contributed by atoms with Crippen molar-refractivity contribution in [2.45, 2.75) is 37.0 Å².